The Labute approximate surface area is 242 Å². The number of hydrogen-bond donors (Lipinski definition) is 2. The maximum Gasteiger partial charge on any atom is 0.417 e. The van der Waals surface area contributed by atoms with Crippen molar-refractivity contribution in [1.82, 2.24) is 14.9 Å². The molecule has 42 heavy (non-hydrogen) atoms. The van der Waals surface area contributed by atoms with Crippen molar-refractivity contribution >= 4 is 11.5 Å². The lowest BCUT2D eigenvalue weighted by molar-refractivity contribution is -0.140. The molecule has 0 aliphatic carbocycles. The first kappa shape index (κ1) is 29.1. The highest BCUT2D eigenvalue weighted by atomic mass is 19.4. The Hall–Kier alpha value is -2.96. The Balaban J connectivity index is 1.38. The largest absolute Gasteiger partial charge is 0.461 e. The number of anilines is 2. The molecule has 3 atom stereocenters. The van der Waals surface area contributed by atoms with Gasteiger partial charge in [0.2, 0.25) is 0 Å². The number of rotatable bonds is 5. The molecule has 2 aromatic rings. The third-order valence-corrected chi connectivity index (χ3v) is 9.17. The number of ether oxygens (including phenoxy) is 2. The predicted octanol–water partition coefficient (Wildman–Crippen LogP) is 4.86. The zero-order chi connectivity index (χ0) is 30.0. The first-order chi connectivity index (χ1) is 19.8. The average molecular weight is 592 g/mol. The summed E-state index contributed by atoms with van der Waals surface area (Å²) < 4.78 is 69.9. The van der Waals surface area contributed by atoms with Crippen LogP contribution in [0.4, 0.5) is 29.1 Å². The summed E-state index contributed by atoms with van der Waals surface area (Å²) in [5, 5.41) is 10.8. The number of nitrogen functional groups attached to an aromatic ring is 1. The second kappa shape index (κ2) is 10.3. The zero-order valence-electron chi connectivity index (χ0n) is 24.0. The molecule has 8 nitrogen and oxygen atoms in total. The van der Waals surface area contributed by atoms with Gasteiger partial charge in [0.1, 0.15) is 12.4 Å². The molecule has 6 rings (SSSR count). The molecule has 0 amide bonds. The van der Waals surface area contributed by atoms with E-state index >= 15 is 4.39 Å². The minimum atomic E-state index is -4.81. The fourth-order valence-electron chi connectivity index (χ4n) is 7.31. The first-order valence-electron chi connectivity index (χ1n) is 14.5. The monoisotopic (exact) mass is 591 g/mol. The van der Waals surface area contributed by atoms with E-state index in [1.54, 1.807) is 6.92 Å². The van der Waals surface area contributed by atoms with Gasteiger partial charge in [-0.15, -0.1) is 0 Å². The molecular weight excluding hydrogens is 554 g/mol. The summed E-state index contributed by atoms with van der Waals surface area (Å²) in [4.78, 5) is 13.7. The highest BCUT2D eigenvalue weighted by Gasteiger charge is 2.47. The number of nitrogens with two attached hydrogens (primary N) is 1. The second-order valence-corrected chi connectivity index (χ2v) is 12.6. The molecule has 0 spiro atoms. The second-order valence-electron chi connectivity index (χ2n) is 12.6. The van der Waals surface area contributed by atoms with Gasteiger partial charge in [0.05, 0.1) is 40.8 Å². The fraction of sp³-hybridized carbons (Fsp3) is 0.600. The highest BCUT2D eigenvalue weighted by molar-refractivity contribution is 5.55. The van der Waals surface area contributed by atoms with Gasteiger partial charge >= 0.3 is 12.2 Å². The lowest BCUT2D eigenvalue weighted by atomic mass is 9.91. The number of hydrogen-bond acceptors (Lipinski definition) is 8. The number of β-amino-alcohol motifs (C(OH)–C–C–N with tert-alkyl or cyclic N) is 1. The summed E-state index contributed by atoms with van der Waals surface area (Å²) in [5.74, 6) is -0.619. The van der Waals surface area contributed by atoms with E-state index in [2.05, 4.69) is 16.5 Å². The van der Waals surface area contributed by atoms with Gasteiger partial charge in [-0.2, -0.15) is 23.1 Å². The molecule has 0 unspecified atom stereocenters. The van der Waals surface area contributed by atoms with E-state index in [1.807, 2.05) is 4.90 Å². The Kier molecular flexibility index (Phi) is 7.17. The van der Waals surface area contributed by atoms with Gasteiger partial charge in [-0.1, -0.05) is 12.2 Å². The predicted molar refractivity (Wildman–Crippen MR) is 149 cm³/mol. The van der Waals surface area contributed by atoms with Crippen LogP contribution in [0.15, 0.2) is 18.2 Å². The minimum Gasteiger partial charge on any atom is -0.461 e. The molecule has 3 N–H and O–H groups in total. The normalized spacial score (nSPS) is 28.2. The van der Waals surface area contributed by atoms with Crippen molar-refractivity contribution < 1.29 is 32.1 Å². The van der Waals surface area contributed by atoms with Gasteiger partial charge in [-0.25, -0.2) is 4.39 Å². The summed E-state index contributed by atoms with van der Waals surface area (Å²) >= 11 is 0. The first-order valence-corrected chi connectivity index (χ1v) is 14.5. The van der Waals surface area contributed by atoms with Gasteiger partial charge in [0.25, 0.3) is 0 Å². The van der Waals surface area contributed by atoms with Crippen LogP contribution in [0.25, 0.3) is 0 Å². The number of fused-ring (bicyclic) bond motifs is 2. The van der Waals surface area contributed by atoms with E-state index in [1.165, 1.54) is 6.92 Å². The third-order valence-electron chi connectivity index (χ3n) is 9.17. The summed E-state index contributed by atoms with van der Waals surface area (Å²) in [5.41, 5.74) is 4.60. The molecule has 0 bridgehead atoms. The van der Waals surface area contributed by atoms with Gasteiger partial charge in [0.15, 0.2) is 5.82 Å². The third kappa shape index (κ3) is 5.22. The lowest BCUT2D eigenvalue weighted by Crippen LogP contribution is -2.47. The topological polar surface area (TPSA) is 97.0 Å². The van der Waals surface area contributed by atoms with Crippen LogP contribution in [-0.2, 0) is 23.9 Å². The number of aliphatic hydroxyl groups is 1. The Morgan fingerprint density at radius 2 is 2.00 bits per heavy atom. The Bertz CT molecular complexity index is 1410. The Morgan fingerprint density at radius 1 is 1.24 bits per heavy atom. The fourth-order valence-corrected chi connectivity index (χ4v) is 7.31. The minimum absolute atomic E-state index is 0.105. The van der Waals surface area contributed by atoms with Crippen molar-refractivity contribution in [2.24, 2.45) is 0 Å². The van der Waals surface area contributed by atoms with Crippen LogP contribution in [0.2, 0.25) is 0 Å². The van der Waals surface area contributed by atoms with Crippen molar-refractivity contribution in [2.45, 2.75) is 82.4 Å². The molecule has 4 aliphatic heterocycles. The van der Waals surface area contributed by atoms with Crippen molar-refractivity contribution in [1.29, 1.82) is 0 Å². The van der Waals surface area contributed by atoms with E-state index < -0.39 is 34.8 Å². The summed E-state index contributed by atoms with van der Waals surface area (Å²) in [6.45, 7) is 10.2. The summed E-state index contributed by atoms with van der Waals surface area (Å²) in [7, 11) is 0. The molecule has 5 heterocycles. The van der Waals surface area contributed by atoms with Crippen LogP contribution < -0.4 is 15.4 Å². The van der Waals surface area contributed by atoms with E-state index in [9.17, 15) is 18.3 Å². The van der Waals surface area contributed by atoms with Gasteiger partial charge < -0.3 is 25.2 Å². The summed E-state index contributed by atoms with van der Waals surface area (Å²) in [6.07, 6.45) is -1.99. The van der Waals surface area contributed by atoms with Crippen molar-refractivity contribution in [2.75, 3.05) is 43.4 Å². The molecule has 4 aliphatic rings. The van der Waals surface area contributed by atoms with Crippen LogP contribution in [0, 0.1) is 12.7 Å². The zero-order valence-corrected chi connectivity index (χ0v) is 24.0. The van der Waals surface area contributed by atoms with Gasteiger partial charge in [0, 0.05) is 37.2 Å². The number of nitrogens with zero attached hydrogens (tertiary/aromatic N) is 4. The van der Waals surface area contributed by atoms with E-state index in [-0.39, 0.29) is 35.8 Å². The molecule has 3 fully saturated rings. The van der Waals surface area contributed by atoms with Crippen LogP contribution in [-0.4, -0.2) is 63.9 Å². The molecule has 12 heteroatoms. The van der Waals surface area contributed by atoms with Crippen molar-refractivity contribution in [3.05, 3.63) is 52.0 Å². The molecule has 1 aromatic carbocycles. The smallest absolute Gasteiger partial charge is 0.417 e. The molecule has 3 saturated heterocycles. The molecule has 0 radical (unpaired) electrons. The van der Waals surface area contributed by atoms with Crippen molar-refractivity contribution in [3.63, 3.8) is 0 Å². The number of alkyl halides is 3. The Morgan fingerprint density at radius 3 is 2.74 bits per heavy atom. The van der Waals surface area contributed by atoms with E-state index in [0.29, 0.717) is 43.2 Å². The van der Waals surface area contributed by atoms with Crippen molar-refractivity contribution in [3.8, 4) is 6.01 Å². The van der Waals surface area contributed by atoms with Crippen LogP contribution in [0.1, 0.15) is 73.1 Å². The number of halogens is 4. The molecule has 0 saturated carbocycles. The SMILES string of the molecule is C=C1CN2CCC[C@@]2(COc2nc3c(c(N4CCC[C@@](C)(O)C4)n2)CO[C@H](c2c(F)c(N)cc(C)c2C(F)(F)F)C3)C1. The standard InChI is InChI=1S/C30H37F4N5O3/c1-17-12-29(7-5-9-39(29)13-17)16-42-27-36-21-11-22(23-24(30(32,33)34)18(2)10-20(35)25(23)31)41-14-19(21)26(37-27)38-8-4-6-28(3,40)15-38/h10,22,40H,1,4-9,11-16,35H2,2-3H3/t22-,28+,29-/m0/s1. The summed E-state index contributed by atoms with van der Waals surface area (Å²) in [6, 6.07) is 1.10. The molecule has 1 aromatic heterocycles. The van der Waals surface area contributed by atoms with Gasteiger partial charge in [-0.05, 0) is 64.1 Å². The van der Waals surface area contributed by atoms with Crippen LogP contribution >= 0.6 is 0 Å². The van der Waals surface area contributed by atoms with E-state index in [0.717, 1.165) is 50.4 Å². The van der Waals surface area contributed by atoms with Crippen LogP contribution in [0.3, 0.4) is 0 Å². The van der Waals surface area contributed by atoms with Gasteiger partial charge in [-0.3, -0.25) is 4.90 Å². The highest BCUT2D eigenvalue weighted by Crippen LogP contribution is 2.45. The number of benzene rings is 1. The maximum absolute atomic E-state index is 15.3. The average Bonchev–Trinajstić information content (AvgIpc) is 3.43. The lowest BCUT2D eigenvalue weighted by Gasteiger charge is -2.39. The number of piperidine rings is 1. The quantitative estimate of drug-likeness (QED) is 0.289. The molecular formula is C30H37F4N5O3. The molecule has 228 valence electrons. The van der Waals surface area contributed by atoms with E-state index in [4.69, 9.17) is 20.2 Å². The number of aryl methyl sites for hydroxylation is 1. The maximum atomic E-state index is 15.3. The number of aromatic nitrogens is 2. The van der Waals surface area contributed by atoms with Crippen LogP contribution in [0.5, 0.6) is 6.01 Å².